The molecule has 1 N–H and O–H groups in total. The monoisotopic (exact) mass is 268 g/mol. The maximum atomic E-state index is 11.9. The van der Waals surface area contributed by atoms with Crippen LogP contribution in [0.5, 0.6) is 0 Å². The SMILES string of the molecule is CCCCCNS(=O)(=O)c1nc2ccccn2n1. The number of fused-ring (bicyclic) bond motifs is 1. The highest BCUT2D eigenvalue weighted by molar-refractivity contribution is 7.89. The Morgan fingerprint density at radius 1 is 1.33 bits per heavy atom. The van der Waals surface area contributed by atoms with E-state index in [1.807, 2.05) is 0 Å². The molecule has 0 aliphatic heterocycles. The Balaban J connectivity index is 2.14. The molecule has 0 atom stereocenters. The predicted molar refractivity (Wildman–Crippen MR) is 67.7 cm³/mol. The van der Waals surface area contributed by atoms with Gasteiger partial charge in [-0.05, 0) is 18.6 Å². The average Bonchev–Trinajstić information content (AvgIpc) is 2.79. The molecule has 6 nitrogen and oxygen atoms in total. The van der Waals surface area contributed by atoms with Gasteiger partial charge in [-0.1, -0.05) is 25.8 Å². The van der Waals surface area contributed by atoms with Gasteiger partial charge in [0.1, 0.15) is 0 Å². The molecule has 0 saturated carbocycles. The third-order valence-electron chi connectivity index (χ3n) is 2.53. The van der Waals surface area contributed by atoms with Crippen LogP contribution in [0, 0.1) is 0 Å². The molecular formula is C11H16N4O2S. The van der Waals surface area contributed by atoms with Crippen LogP contribution in [0.2, 0.25) is 0 Å². The highest BCUT2D eigenvalue weighted by atomic mass is 32.2. The molecule has 18 heavy (non-hydrogen) atoms. The van der Waals surface area contributed by atoms with Crippen molar-refractivity contribution >= 4 is 15.7 Å². The summed E-state index contributed by atoms with van der Waals surface area (Å²) in [5.74, 6) is 0. The maximum absolute atomic E-state index is 11.9. The van der Waals surface area contributed by atoms with E-state index in [1.165, 1.54) is 4.52 Å². The van der Waals surface area contributed by atoms with Crippen LogP contribution >= 0.6 is 0 Å². The number of hydrogen-bond acceptors (Lipinski definition) is 4. The number of rotatable bonds is 6. The highest BCUT2D eigenvalue weighted by Crippen LogP contribution is 2.06. The van der Waals surface area contributed by atoms with Crippen molar-refractivity contribution in [1.82, 2.24) is 19.3 Å². The largest absolute Gasteiger partial charge is 0.283 e. The van der Waals surface area contributed by atoms with Gasteiger partial charge in [0, 0.05) is 12.7 Å². The van der Waals surface area contributed by atoms with E-state index in [2.05, 4.69) is 21.7 Å². The van der Waals surface area contributed by atoms with E-state index >= 15 is 0 Å². The Bertz CT molecular complexity index is 588. The normalized spacial score (nSPS) is 12.1. The molecule has 0 radical (unpaired) electrons. The minimum Gasteiger partial charge on any atom is -0.220 e. The Morgan fingerprint density at radius 3 is 2.89 bits per heavy atom. The van der Waals surface area contributed by atoms with Gasteiger partial charge in [0.2, 0.25) is 0 Å². The smallest absolute Gasteiger partial charge is 0.220 e. The van der Waals surface area contributed by atoms with Crippen LogP contribution in [0.1, 0.15) is 26.2 Å². The number of unbranched alkanes of at least 4 members (excludes halogenated alkanes) is 2. The number of nitrogens with one attached hydrogen (secondary N) is 1. The van der Waals surface area contributed by atoms with E-state index in [0.717, 1.165) is 19.3 Å². The van der Waals surface area contributed by atoms with E-state index in [-0.39, 0.29) is 5.16 Å². The summed E-state index contributed by atoms with van der Waals surface area (Å²) in [7, 11) is -3.60. The second-order valence-corrected chi connectivity index (χ2v) is 5.66. The summed E-state index contributed by atoms with van der Waals surface area (Å²) in [6.45, 7) is 2.49. The lowest BCUT2D eigenvalue weighted by molar-refractivity contribution is 0.567. The van der Waals surface area contributed by atoms with Gasteiger partial charge in [0.15, 0.2) is 5.65 Å². The fourth-order valence-electron chi connectivity index (χ4n) is 1.57. The minimum atomic E-state index is -3.60. The van der Waals surface area contributed by atoms with Gasteiger partial charge < -0.3 is 0 Å². The van der Waals surface area contributed by atoms with E-state index in [1.54, 1.807) is 24.4 Å². The van der Waals surface area contributed by atoms with E-state index < -0.39 is 10.0 Å². The lowest BCUT2D eigenvalue weighted by Gasteiger charge is -2.01. The van der Waals surface area contributed by atoms with Crippen molar-refractivity contribution in [3.63, 3.8) is 0 Å². The standard InChI is InChI=1S/C11H16N4O2S/c1-2-3-5-8-12-18(16,17)11-13-10-7-4-6-9-15(10)14-11/h4,6-7,9,12H,2-3,5,8H2,1H3. The zero-order chi connectivity index (χ0) is 13.0. The van der Waals surface area contributed by atoms with Crippen LogP contribution in [-0.2, 0) is 10.0 Å². The van der Waals surface area contributed by atoms with Crippen molar-refractivity contribution in [1.29, 1.82) is 0 Å². The third kappa shape index (κ3) is 2.85. The van der Waals surface area contributed by atoms with Gasteiger partial charge in [0.25, 0.3) is 15.2 Å². The third-order valence-corrected chi connectivity index (χ3v) is 3.77. The molecule has 7 heteroatoms. The van der Waals surface area contributed by atoms with Gasteiger partial charge in [-0.25, -0.2) is 17.7 Å². The average molecular weight is 268 g/mol. The summed E-state index contributed by atoms with van der Waals surface area (Å²) in [5.41, 5.74) is 0.520. The van der Waals surface area contributed by atoms with E-state index in [9.17, 15) is 8.42 Å². The number of hydrogen-bond donors (Lipinski definition) is 1. The topological polar surface area (TPSA) is 76.4 Å². The van der Waals surface area contributed by atoms with Gasteiger partial charge in [-0.2, -0.15) is 4.98 Å². The number of pyridine rings is 1. The van der Waals surface area contributed by atoms with Crippen LogP contribution in [0.25, 0.3) is 5.65 Å². The van der Waals surface area contributed by atoms with E-state index in [4.69, 9.17) is 0 Å². The molecule has 2 aromatic rings. The van der Waals surface area contributed by atoms with Crippen molar-refractivity contribution in [3.05, 3.63) is 24.4 Å². The van der Waals surface area contributed by atoms with Crippen LogP contribution in [0.15, 0.2) is 29.6 Å². The van der Waals surface area contributed by atoms with Crippen molar-refractivity contribution in [3.8, 4) is 0 Å². The summed E-state index contributed by atoms with van der Waals surface area (Å²) < 4.78 is 27.8. The second-order valence-electron chi connectivity index (χ2n) is 4.00. The van der Waals surface area contributed by atoms with Gasteiger partial charge in [-0.3, -0.25) is 0 Å². The van der Waals surface area contributed by atoms with Crippen molar-refractivity contribution in [2.75, 3.05) is 6.54 Å². The molecular weight excluding hydrogens is 252 g/mol. The molecule has 0 aromatic carbocycles. The highest BCUT2D eigenvalue weighted by Gasteiger charge is 2.19. The molecule has 0 bridgehead atoms. The van der Waals surface area contributed by atoms with Crippen LogP contribution in [-0.4, -0.2) is 29.6 Å². The van der Waals surface area contributed by atoms with Crippen LogP contribution in [0.3, 0.4) is 0 Å². The Kier molecular flexibility index (Phi) is 3.93. The summed E-state index contributed by atoms with van der Waals surface area (Å²) in [5, 5.41) is 3.76. The van der Waals surface area contributed by atoms with Crippen molar-refractivity contribution < 1.29 is 8.42 Å². The first-order chi connectivity index (χ1) is 8.63. The molecule has 2 aromatic heterocycles. The lowest BCUT2D eigenvalue weighted by Crippen LogP contribution is -2.25. The summed E-state index contributed by atoms with van der Waals surface area (Å²) in [6.07, 6.45) is 4.54. The first-order valence-corrected chi connectivity index (χ1v) is 7.43. The molecule has 0 spiro atoms. The van der Waals surface area contributed by atoms with Crippen molar-refractivity contribution in [2.24, 2.45) is 0 Å². The number of sulfonamides is 1. The van der Waals surface area contributed by atoms with Gasteiger partial charge in [0.05, 0.1) is 0 Å². The second kappa shape index (κ2) is 5.45. The summed E-state index contributed by atoms with van der Waals surface area (Å²) in [4.78, 5) is 3.98. The van der Waals surface area contributed by atoms with Crippen LogP contribution < -0.4 is 4.72 Å². The van der Waals surface area contributed by atoms with E-state index in [0.29, 0.717) is 12.2 Å². The maximum Gasteiger partial charge on any atom is 0.283 e. The molecule has 0 fully saturated rings. The zero-order valence-electron chi connectivity index (χ0n) is 10.2. The van der Waals surface area contributed by atoms with Gasteiger partial charge >= 0.3 is 0 Å². The molecule has 0 aliphatic carbocycles. The summed E-state index contributed by atoms with van der Waals surface area (Å²) in [6, 6.07) is 5.27. The van der Waals surface area contributed by atoms with Gasteiger partial charge in [-0.15, -0.1) is 5.10 Å². The molecule has 2 heterocycles. The summed E-state index contributed by atoms with van der Waals surface area (Å²) >= 11 is 0. The first kappa shape index (κ1) is 13.0. The molecule has 2 rings (SSSR count). The Hall–Kier alpha value is -1.47. The minimum absolute atomic E-state index is 0.176. The zero-order valence-corrected chi connectivity index (χ0v) is 11.0. The molecule has 98 valence electrons. The molecule has 0 saturated heterocycles. The fraction of sp³-hybridized carbons (Fsp3) is 0.455. The molecule has 0 amide bonds. The van der Waals surface area contributed by atoms with Crippen molar-refractivity contribution in [2.45, 2.75) is 31.3 Å². The quantitative estimate of drug-likeness (QED) is 0.799. The molecule has 0 unspecified atom stereocenters. The fourth-order valence-corrected chi connectivity index (χ4v) is 2.52. The lowest BCUT2D eigenvalue weighted by atomic mass is 10.3. The number of aromatic nitrogens is 3. The first-order valence-electron chi connectivity index (χ1n) is 5.94. The van der Waals surface area contributed by atoms with Crippen LogP contribution in [0.4, 0.5) is 0 Å². The molecule has 0 aliphatic rings. The predicted octanol–water partition coefficient (Wildman–Crippen LogP) is 1.20. The number of nitrogens with zero attached hydrogens (tertiary/aromatic N) is 3. The Labute approximate surface area is 106 Å². The Morgan fingerprint density at radius 2 is 2.17 bits per heavy atom.